The maximum atomic E-state index is 12.8. The molecule has 0 aliphatic rings. The molecule has 0 aliphatic carbocycles. The third-order valence-corrected chi connectivity index (χ3v) is 10.9. The molecule has 0 amide bonds. The number of rotatable bonds is 46. The lowest BCUT2D eigenvalue weighted by molar-refractivity contribution is -0.167. The van der Waals surface area contributed by atoms with Gasteiger partial charge in [0.2, 0.25) is 0 Å². The van der Waals surface area contributed by atoms with Crippen molar-refractivity contribution in [2.75, 3.05) is 13.2 Å². The molecular formula is C57H96O6. The largest absolute Gasteiger partial charge is 0.462 e. The fourth-order valence-corrected chi connectivity index (χ4v) is 6.98. The predicted octanol–water partition coefficient (Wildman–Crippen LogP) is 17.2. The highest BCUT2D eigenvalue weighted by Gasteiger charge is 2.19. The normalized spacial score (nSPS) is 12.7. The van der Waals surface area contributed by atoms with E-state index in [1.807, 2.05) is 0 Å². The predicted molar refractivity (Wildman–Crippen MR) is 270 cm³/mol. The van der Waals surface area contributed by atoms with Crippen molar-refractivity contribution in [1.29, 1.82) is 0 Å². The summed E-state index contributed by atoms with van der Waals surface area (Å²) in [7, 11) is 0. The third kappa shape index (κ3) is 49.5. The molecular weight excluding hydrogens is 781 g/mol. The van der Waals surface area contributed by atoms with Crippen LogP contribution >= 0.6 is 0 Å². The van der Waals surface area contributed by atoms with Crippen LogP contribution < -0.4 is 0 Å². The third-order valence-electron chi connectivity index (χ3n) is 10.9. The highest BCUT2D eigenvalue weighted by atomic mass is 16.6. The van der Waals surface area contributed by atoms with Gasteiger partial charge in [-0.1, -0.05) is 215 Å². The summed E-state index contributed by atoms with van der Waals surface area (Å²) >= 11 is 0. The molecule has 0 aromatic rings. The summed E-state index contributed by atoms with van der Waals surface area (Å²) in [5.41, 5.74) is 0. The van der Waals surface area contributed by atoms with E-state index in [4.69, 9.17) is 14.2 Å². The lowest BCUT2D eigenvalue weighted by atomic mass is 10.0. The molecule has 0 rings (SSSR count). The number of hydrogen-bond donors (Lipinski definition) is 0. The summed E-state index contributed by atoms with van der Waals surface area (Å²) in [4.78, 5) is 38.0. The van der Waals surface area contributed by atoms with Crippen molar-refractivity contribution in [3.63, 3.8) is 0 Å². The van der Waals surface area contributed by atoms with Crippen LogP contribution in [-0.4, -0.2) is 37.2 Å². The molecule has 0 spiro atoms. The first-order valence-corrected chi connectivity index (χ1v) is 26.1. The minimum atomic E-state index is -0.805. The number of unbranched alkanes of at least 4 members (excludes halogenated alkanes) is 21. The molecule has 0 bridgehead atoms. The van der Waals surface area contributed by atoms with E-state index in [9.17, 15) is 14.4 Å². The smallest absolute Gasteiger partial charge is 0.306 e. The molecule has 0 aromatic carbocycles. The Kier molecular flexibility index (Phi) is 48.5. The minimum Gasteiger partial charge on any atom is -0.462 e. The Morgan fingerprint density at radius 2 is 0.635 bits per heavy atom. The molecule has 0 fully saturated rings. The topological polar surface area (TPSA) is 78.9 Å². The zero-order chi connectivity index (χ0) is 45.8. The Labute approximate surface area is 388 Å². The van der Waals surface area contributed by atoms with Crippen LogP contribution in [0, 0.1) is 0 Å². The molecule has 0 saturated carbocycles. The Bertz CT molecular complexity index is 1240. The lowest BCUT2D eigenvalue weighted by Crippen LogP contribution is -2.30. The van der Waals surface area contributed by atoms with Gasteiger partial charge in [0, 0.05) is 19.3 Å². The summed E-state index contributed by atoms with van der Waals surface area (Å²) < 4.78 is 16.7. The van der Waals surface area contributed by atoms with Crippen molar-refractivity contribution in [3.8, 4) is 0 Å². The molecule has 0 radical (unpaired) electrons. The second-order valence-corrected chi connectivity index (χ2v) is 17.1. The highest BCUT2D eigenvalue weighted by Crippen LogP contribution is 2.14. The SMILES string of the molecule is CC/C=C\C/C=C\C/C=C\C/C=C\C/C=C\CCCC(=O)OC[C@@H](COC(=O)CCCCCCCCCCCCCCC)OC(=O)CCCCCCC/C=C\C/C=C\CCCCC. The quantitative estimate of drug-likeness (QED) is 0.0262. The van der Waals surface area contributed by atoms with Crippen molar-refractivity contribution in [2.24, 2.45) is 0 Å². The molecule has 360 valence electrons. The van der Waals surface area contributed by atoms with E-state index in [1.54, 1.807) is 0 Å². The molecule has 1 atom stereocenters. The monoisotopic (exact) mass is 877 g/mol. The first-order valence-electron chi connectivity index (χ1n) is 26.1. The van der Waals surface area contributed by atoms with Crippen LogP contribution in [0.4, 0.5) is 0 Å². The van der Waals surface area contributed by atoms with E-state index < -0.39 is 6.10 Å². The molecule has 0 aromatic heterocycles. The van der Waals surface area contributed by atoms with Crippen LogP contribution in [0.25, 0.3) is 0 Å². The van der Waals surface area contributed by atoms with E-state index in [1.165, 1.54) is 89.9 Å². The van der Waals surface area contributed by atoms with Gasteiger partial charge < -0.3 is 14.2 Å². The van der Waals surface area contributed by atoms with Crippen LogP contribution in [0.15, 0.2) is 85.1 Å². The number of carbonyl (C=O) groups is 3. The number of ether oxygens (including phenoxy) is 3. The minimum absolute atomic E-state index is 0.0987. The number of carbonyl (C=O) groups excluding carboxylic acids is 3. The van der Waals surface area contributed by atoms with Gasteiger partial charge in [-0.05, 0) is 89.9 Å². The van der Waals surface area contributed by atoms with Crippen LogP contribution in [0.3, 0.4) is 0 Å². The van der Waals surface area contributed by atoms with Gasteiger partial charge >= 0.3 is 17.9 Å². The Morgan fingerprint density at radius 1 is 0.333 bits per heavy atom. The highest BCUT2D eigenvalue weighted by molar-refractivity contribution is 5.71. The summed E-state index contributed by atoms with van der Waals surface area (Å²) in [6.45, 7) is 6.43. The fourth-order valence-electron chi connectivity index (χ4n) is 6.98. The Morgan fingerprint density at radius 3 is 1.06 bits per heavy atom. The van der Waals surface area contributed by atoms with Gasteiger partial charge in [0.25, 0.3) is 0 Å². The number of hydrogen-bond acceptors (Lipinski definition) is 6. The zero-order valence-electron chi connectivity index (χ0n) is 41.1. The molecule has 0 heterocycles. The van der Waals surface area contributed by atoms with Crippen molar-refractivity contribution >= 4 is 17.9 Å². The standard InChI is InChI=1S/C57H96O6/c1-4-7-10-13-16-19-22-25-27-28-30-32-35-38-41-44-47-50-56(59)62-53-54(52-61-55(58)49-46-43-40-37-34-31-24-21-18-15-12-9-6-3)63-57(60)51-48-45-42-39-36-33-29-26-23-20-17-14-11-8-5-2/h7,10,16-17,19-20,25-27,29-30,32,38,41,54H,4-6,8-9,11-15,18,21-24,28,31,33-37,39-40,42-53H2,1-3H3/b10-7-,19-16-,20-17-,27-25-,29-26-,32-30-,41-38-/t54-/m1/s1. The van der Waals surface area contributed by atoms with Gasteiger partial charge in [0.15, 0.2) is 6.10 Å². The van der Waals surface area contributed by atoms with Gasteiger partial charge in [-0.2, -0.15) is 0 Å². The molecule has 0 N–H and O–H groups in total. The van der Waals surface area contributed by atoms with Gasteiger partial charge in [0.1, 0.15) is 13.2 Å². The summed E-state index contributed by atoms with van der Waals surface area (Å²) in [5.74, 6) is -0.973. The molecule has 6 nitrogen and oxygen atoms in total. The van der Waals surface area contributed by atoms with Gasteiger partial charge in [0.05, 0.1) is 0 Å². The molecule has 0 aliphatic heterocycles. The van der Waals surface area contributed by atoms with Crippen LogP contribution in [-0.2, 0) is 28.6 Å². The van der Waals surface area contributed by atoms with Crippen molar-refractivity contribution < 1.29 is 28.6 Å². The number of esters is 3. The molecule has 6 heteroatoms. The lowest BCUT2D eigenvalue weighted by Gasteiger charge is -2.18. The van der Waals surface area contributed by atoms with Crippen LogP contribution in [0.2, 0.25) is 0 Å². The van der Waals surface area contributed by atoms with E-state index in [2.05, 4.69) is 106 Å². The fraction of sp³-hybridized carbons (Fsp3) is 0.702. The summed E-state index contributed by atoms with van der Waals surface area (Å²) in [6.07, 6.45) is 65.7. The van der Waals surface area contributed by atoms with Crippen molar-refractivity contribution in [1.82, 2.24) is 0 Å². The van der Waals surface area contributed by atoms with E-state index in [-0.39, 0.29) is 37.5 Å². The maximum Gasteiger partial charge on any atom is 0.306 e. The van der Waals surface area contributed by atoms with Gasteiger partial charge in [-0.25, -0.2) is 0 Å². The molecule has 63 heavy (non-hydrogen) atoms. The Hall–Kier alpha value is -3.41. The van der Waals surface area contributed by atoms with Crippen LogP contribution in [0.1, 0.15) is 239 Å². The zero-order valence-corrected chi connectivity index (χ0v) is 41.1. The average molecular weight is 877 g/mol. The van der Waals surface area contributed by atoms with Crippen molar-refractivity contribution in [3.05, 3.63) is 85.1 Å². The first-order chi connectivity index (χ1) is 31.0. The second-order valence-electron chi connectivity index (χ2n) is 17.1. The molecule has 0 unspecified atom stereocenters. The van der Waals surface area contributed by atoms with Crippen LogP contribution in [0.5, 0.6) is 0 Å². The second kappa shape index (κ2) is 51.2. The first kappa shape index (κ1) is 59.6. The van der Waals surface area contributed by atoms with Crippen molar-refractivity contribution in [2.45, 2.75) is 245 Å². The van der Waals surface area contributed by atoms with Gasteiger partial charge in [-0.3, -0.25) is 14.4 Å². The summed E-state index contributed by atoms with van der Waals surface area (Å²) in [5, 5.41) is 0. The van der Waals surface area contributed by atoms with E-state index in [0.29, 0.717) is 19.3 Å². The van der Waals surface area contributed by atoms with E-state index in [0.717, 1.165) is 103 Å². The maximum absolute atomic E-state index is 12.8. The average Bonchev–Trinajstić information content (AvgIpc) is 3.28. The molecule has 0 saturated heterocycles. The summed E-state index contributed by atoms with van der Waals surface area (Å²) in [6, 6.07) is 0. The Balaban J connectivity index is 4.50. The van der Waals surface area contributed by atoms with E-state index >= 15 is 0 Å². The number of allylic oxidation sites excluding steroid dienone is 14. The van der Waals surface area contributed by atoms with Gasteiger partial charge in [-0.15, -0.1) is 0 Å².